The molecule has 5 rings (SSSR count). The van der Waals surface area contributed by atoms with Crippen molar-refractivity contribution in [2.45, 2.75) is 186 Å². The quantitative estimate of drug-likeness (QED) is 0.0306. The van der Waals surface area contributed by atoms with Gasteiger partial charge in [0.25, 0.3) is 0 Å². The Balaban J connectivity index is 1.45. The van der Waals surface area contributed by atoms with E-state index < -0.39 is 128 Å². The van der Waals surface area contributed by atoms with Crippen LogP contribution in [-0.2, 0) is 18.3 Å². The molecule has 0 saturated heterocycles. The highest BCUT2D eigenvalue weighted by molar-refractivity contribution is 7.29. The van der Waals surface area contributed by atoms with Crippen LogP contribution in [-0.4, -0.2) is 83.4 Å². The van der Waals surface area contributed by atoms with Gasteiger partial charge in [-0.05, 0) is 60.9 Å². The van der Waals surface area contributed by atoms with E-state index in [1.165, 1.54) is 18.2 Å². The molecule has 0 atom stereocenters. The van der Waals surface area contributed by atoms with Gasteiger partial charge in [-0.1, -0.05) is 77.6 Å². The number of rotatable bonds is 31. The fraction of sp³-hybridized carbons (Fsp3) is 0.600. The second-order valence-corrected chi connectivity index (χ2v) is 24.9. The van der Waals surface area contributed by atoms with E-state index in [1.54, 1.807) is 0 Å². The van der Waals surface area contributed by atoms with E-state index in [0.29, 0.717) is 41.9 Å². The third-order valence-corrected chi connectivity index (χ3v) is 19.7. The zero-order chi connectivity index (χ0) is 68.4. The standard InChI is InChI=1S/C50H38F34S5/c1-2-3-4-5-6-7-8-9-10-11-12-13-14-25-26(36(53,54)38(57,58)40(61,62)42(65,66)44(69,70)46(73,74)48(77,78)50(82,83)84)23-86-34(25)32-20-19-30(89-32)29-16-15-27(87-29)28-17-18-31(88-28)33-21-24(22-85-33)35(51,52)37(55,56)39(59,60)41(63,64)43(67,68)45(71,72)47(75,76)49(79,80)81/h15-23H,2-14H2,1H3. The van der Waals surface area contributed by atoms with Gasteiger partial charge in [0.05, 0.1) is 0 Å². The van der Waals surface area contributed by atoms with Crippen molar-refractivity contribution in [3.8, 4) is 39.0 Å². The predicted molar refractivity (Wildman–Crippen MR) is 262 cm³/mol. The van der Waals surface area contributed by atoms with Crippen molar-refractivity contribution in [2.24, 2.45) is 0 Å². The Kier molecular flexibility index (Phi) is 21.4. The Morgan fingerprint density at radius 3 is 0.910 bits per heavy atom. The predicted octanol–water partition coefficient (Wildman–Crippen LogP) is 24.8. The molecule has 0 radical (unpaired) electrons. The molecule has 89 heavy (non-hydrogen) atoms. The SMILES string of the molecule is CCCCCCCCCCCCCCc1c(C(F)(F)C(F)(F)C(F)(F)C(F)(F)C(F)(F)C(F)(F)C(F)(F)C(F)(F)F)csc1-c1ccc(-c2ccc(-c3ccc(-c4cc(C(F)(F)C(F)(F)C(F)(F)C(F)(F)C(F)(F)C(F)(F)C(F)(F)C(F)(F)F)cs4)s3)s2)s1. The number of hydrogen-bond donors (Lipinski definition) is 0. The molecule has 39 heteroatoms. The average molecular weight is 1450 g/mol. The van der Waals surface area contributed by atoms with Crippen molar-refractivity contribution in [3.63, 3.8) is 0 Å². The number of alkyl halides is 34. The Morgan fingerprint density at radius 1 is 0.281 bits per heavy atom. The maximum Gasteiger partial charge on any atom is 0.460 e. The van der Waals surface area contributed by atoms with Crippen LogP contribution in [0.2, 0.25) is 0 Å². The van der Waals surface area contributed by atoms with Crippen LogP contribution in [0.4, 0.5) is 149 Å². The van der Waals surface area contributed by atoms with Crippen LogP contribution in [0.5, 0.6) is 0 Å². The zero-order valence-corrected chi connectivity index (χ0v) is 47.9. The topological polar surface area (TPSA) is 0 Å². The van der Waals surface area contributed by atoms with E-state index in [-0.39, 0.29) is 81.6 Å². The second-order valence-electron chi connectivity index (χ2n) is 19.8. The Bertz CT molecular complexity index is 3160. The normalized spacial score (nSPS) is 15.0. The highest BCUT2D eigenvalue weighted by Gasteiger charge is 2.97. The molecule has 0 saturated carbocycles. The number of unbranched alkanes of at least 4 members (excludes halogenated alkanes) is 11. The highest BCUT2D eigenvalue weighted by atomic mass is 32.1. The molecule has 5 aromatic heterocycles. The molecule has 0 spiro atoms. The summed E-state index contributed by atoms with van der Waals surface area (Å²) in [6.07, 6.45) is -9.05. The van der Waals surface area contributed by atoms with Crippen LogP contribution in [0.1, 0.15) is 101 Å². The molecule has 0 unspecified atom stereocenters. The smallest absolute Gasteiger partial charge is 0.194 e. The van der Waals surface area contributed by atoms with Gasteiger partial charge in [-0.3, -0.25) is 0 Å². The maximum absolute atomic E-state index is 16.0. The van der Waals surface area contributed by atoms with Gasteiger partial charge in [0.15, 0.2) is 0 Å². The molecule has 0 aromatic carbocycles. The Labute approximate surface area is 498 Å². The van der Waals surface area contributed by atoms with E-state index >= 15 is 35.1 Å². The molecule has 5 heterocycles. The van der Waals surface area contributed by atoms with Crippen LogP contribution in [0, 0.1) is 0 Å². The third-order valence-electron chi connectivity index (χ3n) is 13.7. The van der Waals surface area contributed by atoms with Crippen LogP contribution in [0.25, 0.3) is 39.0 Å². The molecule has 0 aliphatic rings. The summed E-state index contributed by atoms with van der Waals surface area (Å²) >= 11 is 1.81. The number of thiophene rings is 5. The first-order valence-electron chi connectivity index (χ1n) is 25.0. The Morgan fingerprint density at radius 2 is 0.562 bits per heavy atom. The fourth-order valence-corrected chi connectivity index (χ4v) is 13.9. The lowest BCUT2D eigenvalue weighted by Gasteiger charge is -2.42. The largest absolute Gasteiger partial charge is 0.460 e. The van der Waals surface area contributed by atoms with Crippen LogP contribution < -0.4 is 0 Å². The lowest BCUT2D eigenvalue weighted by atomic mass is 9.86. The third kappa shape index (κ3) is 12.5. The van der Waals surface area contributed by atoms with Crippen LogP contribution in [0.15, 0.2) is 53.2 Å². The van der Waals surface area contributed by atoms with Crippen molar-refractivity contribution >= 4 is 56.7 Å². The van der Waals surface area contributed by atoms with Gasteiger partial charge in [0.1, 0.15) is 0 Å². The fourth-order valence-electron chi connectivity index (χ4n) is 8.35. The molecular weight excluding hydrogens is 1410 g/mol. The lowest BCUT2D eigenvalue weighted by Crippen LogP contribution is -2.74. The van der Waals surface area contributed by atoms with Crippen molar-refractivity contribution in [1.82, 2.24) is 0 Å². The maximum atomic E-state index is 16.0. The molecule has 0 nitrogen and oxygen atoms in total. The molecule has 506 valence electrons. The first-order valence-corrected chi connectivity index (χ1v) is 29.2. The van der Waals surface area contributed by atoms with Gasteiger partial charge in [-0.15, -0.1) is 56.7 Å². The van der Waals surface area contributed by atoms with Crippen molar-refractivity contribution in [2.75, 3.05) is 0 Å². The molecule has 0 N–H and O–H groups in total. The minimum absolute atomic E-state index is 0.0146. The first kappa shape index (κ1) is 75.8. The molecule has 0 amide bonds. The van der Waals surface area contributed by atoms with E-state index in [0.717, 1.165) is 74.5 Å². The first-order chi connectivity index (χ1) is 40.0. The molecule has 0 fully saturated rings. The van der Waals surface area contributed by atoms with E-state index in [4.69, 9.17) is 0 Å². The zero-order valence-electron chi connectivity index (χ0n) is 43.8. The Hall–Kier alpha value is -3.88. The van der Waals surface area contributed by atoms with Gasteiger partial charge in [-0.2, -0.15) is 149 Å². The summed E-state index contributed by atoms with van der Waals surface area (Å²) < 4.78 is 481. The number of hydrogen-bond acceptors (Lipinski definition) is 5. The van der Waals surface area contributed by atoms with Gasteiger partial charge in [-0.25, -0.2) is 0 Å². The summed E-state index contributed by atoms with van der Waals surface area (Å²) in [4.78, 5) is -1.27. The van der Waals surface area contributed by atoms with Crippen LogP contribution in [0.3, 0.4) is 0 Å². The van der Waals surface area contributed by atoms with Crippen molar-refractivity contribution in [1.29, 1.82) is 0 Å². The van der Waals surface area contributed by atoms with Crippen molar-refractivity contribution in [3.05, 3.63) is 69.9 Å². The second kappa shape index (κ2) is 25.1. The molecule has 0 aliphatic carbocycles. The summed E-state index contributed by atoms with van der Waals surface area (Å²) in [6.45, 7) is 2.00. The van der Waals surface area contributed by atoms with E-state index in [9.17, 15) is 114 Å². The average Bonchev–Trinajstić information content (AvgIpc) is 1.25. The van der Waals surface area contributed by atoms with Gasteiger partial charge in [0, 0.05) is 60.9 Å². The summed E-state index contributed by atoms with van der Waals surface area (Å²) in [7, 11) is 0. The van der Waals surface area contributed by atoms with Gasteiger partial charge in [0.2, 0.25) is 0 Å². The molecular formula is C50H38F34S5. The lowest BCUT2D eigenvalue weighted by molar-refractivity contribution is -0.462. The number of halogens is 34. The van der Waals surface area contributed by atoms with Gasteiger partial charge < -0.3 is 0 Å². The van der Waals surface area contributed by atoms with Crippen LogP contribution >= 0.6 is 56.7 Å². The van der Waals surface area contributed by atoms with E-state index in [1.807, 2.05) is 6.92 Å². The van der Waals surface area contributed by atoms with E-state index in [2.05, 4.69) is 0 Å². The summed E-state index contributed by atoms with van der Waals surface area (Å²) in [5.74, 6) is -116. The highest BCUT2D eigenvalue weighted by Crippen LogP contribution is 2.68. The minimum atomic E-state index is -8.85. The molecule has 0 aliphatic heterocycles. The monoisotopic (exact) mass is 1440 g/mol. The summed E-state index contributed by atoms with van der Waals surface area (Å²) in [5.41, 5.74) is -5.84. The molecule has 5 aromatic rings. The summed E-state index contributed by atoms with van der Waals surface area (Å²) in [6, 6.07) is 6.82. The minimum Gasteiger partial charge on any atom is -0.194 e. The summed E-state index contributed by atoms with van der Waals surface area (Å²) in [5, 5.41) is -0.224. The molecule has 0 bridgehead atoms. The van der Waals surface area contributed by atoms with Gasteiger partial charge >= 0.3 is 95.3 Å². The van der Waals surface area contributed by atoms with Crippen molar-refractivity contribution < 1.29 is 149 Å².